The summed E-state index contributed by atoms with van der Waals surface area (Å²) in [5.41, 5.74) is 0. The molecule has 1 N–H and O–H groups in total. The van der Waals surface area contributed by atoms with Crippen LogP contribution < -0.4 is 5.32 Å². The van der Waals surface area contributed by atoms with Gasteiger partial charge in [-0.05, 0) is 51.0 Å². The largest absolute Gasteiger partial charge is 0.391 e. The summed E-state index contributed by atoms with van der Waals surface area (Å²) < 4.78 is 37.3. The van der Waals surface area contributed by atoms with Gasteiger partial charge in [0.05, 0.1) is 5.92 Å². The van der Waals surface area contributed by atoms with Gasteiger partial charge in [-0.2, -0.15) is 13.2 Å². The van der Waals surface area contributed by atoms with E-state index in [0.29, 0.717) is 37.6 Å². The Morgan fingerprint density at radius 3 is 2.18 bits per heavy atom. The summed E-state index contributed by atoms with van der Waals surface area (Å²) in [6, 6.07) is 0.306. The van der Waals surface area contributed by atoms with Crippen molar-refractivity contribution in [2.75, 3.05) is 6.54 Å². The molecule has 1 aliphatic rings. The predicted octanol–water partition coefficient (Wildman–Crippen LogP) is 4.13. The van der Waals surface area contributed by atoms with E-state index in [1.165, 1.54) is 6.42 Å². The topological polar surface area (TPSA) is 12.0 Å². The average molecular weight is 251 g/mol. The standard InChI is InChI=1S/C13H24F3N/c1-10(2)4-3-9-17-12-7-5-11(6-8-12)13(14,15)16/h10-12,17H,3-9H2,1-2H3. The molecular formula is C13H24F3N. The van der Waals surface area contributed by atoms with E-state index in [0.717, 1.165) is 13.0 Å². The Bertz CT molecular complexity index is 205. The molecule has 4 heteroatoms. The van der Waals surface area contributed by atoms with Crippen LogP contribution in [0.5, 0.6) is 0 Å². The second-order valence-corrected chi connectivity index (χ2v) is 5.58. The normalized spacial score (nSPS) is 26.5. The van der Waals surface area contributed by atoms with Crippen LogP contribution in [0.4, 0.5) is 13.2 Å². The number of halogens is 3. The summed E-state index contributed by atoms with van der Waals surface area (Å²) in [7, 11) is 0. The minimum atomic E-state index is -3.98. The van der Waals surface area contributed by atoms with Gasteiger partial charge in [-0.1, -0.05) is 13.8 Å². The number of rotatable bonds is 5. The molecule has 102 valence electrons. The molecule has 0 unspecified atom stereocenters. The fraction of sp³-hybridized carbons (Fsp3) is 1.00. The molecule has 0 aromatic carbocycles. The van der Waals surface area contributed by atoms with Crippen LogP contribution in [0.2, 0.25) is 0 Å². The smallest absolute Gasteiger partial charge is 0.314 e. The molecule has 0 amide bonds. The zero-order chi connectivity index (χ0) is 12.9. The van der Waals surface area contributed by atoms with Crippen LogP contribution in [-0.4, -0.2) is 18.8 Å². The predicted molar refractivity (Wildman–Crippen MR) is 63.9 cm³/mol. The van der Waals surface area contributed by atoms with Crippen molar-refractivity contribution in [3.05, 3.63) is 0 Å². The van der Waals surface area contributed by atoms with Crippen LogP contribution in [0.1, 0.15) is 52.4 Å². The first-order valence-corrected chi connectivity index (χ1v) is 6.69. The van der Waals surface area contributed by atoms with Gasteiger partial charge in [0.15, 0.2) is 0 Å². The second kappa shape index (κ2) is 6.62. The van der Waals surface area contributed by atoms with Gasteiger partial charge in [0.2, 0.25) is 0 Å². The maximum atomic E-state index is 12.4. The Kier molecular flexibility index (Phi) is 5.77. The summed E-state index contributed by atoms with van der Waals surface area (Å²) in [6.45, 7) is 5.32. The van der Waals surface area contributed by atoms with Crippen molar-refractivity contribution in [1.29, 1.82) is 0 Å². The van der Waals surface area contributed by atoms with Crippen LogP contribution in [0.15, 0.2) is 0 Å². The van der Waals surface area contributed by atoms with Crippen LogP contribution in [0, 0.1) is 11.8 Å². The van der Waals surface area contributed by atoms with E-state index in [9.17, 15) is 13.2 Å². The van der Waals surface area contributed by atoms with Gasteiger partial charge in [-0.3, -0.25) is 0 Å². The van der Waals surface area contributed by atoms with Crippen molar-refractivity contribution in [1.82, 2.24) is 5.32 Å². The second-order valence-electron chi connectivity index (χ2n) is 5.58. The molecule has 1 saturated carbocycles. The van der Waals surface area contributed by atoms with Crippen molar-refractivity contribution in [2.45, 2.75) is 64.6 Å². The molecule has 0 bridgehead atoms. The minimum absolute atomic E-state index is 0.297. The molecule has 0 aromatic heterocycles. The molecule has 1 rings (SSSR count). The molecular weight excluding hydrogens is 227 g/mol. The molecule has 1 fully saturated rings. The maximum absolute atomic E-state index is 12.4. The van der Waals surface area contributed by atoms with E-state index < -0.39 is 12.1 Å². The number of hydrogen-bond donors (Lipinski definition) is 1. The van der Waals surface area contributed by atoms with Crippen molar-refractivity contribution >= 4 is 0 Å². The zero-order valence-electron chi connectivity index (χ0n) is 10.8. The Morgan fingerprint density at radius 2 is 1.71 bits per heavy atom. The molecule has 1 aliphatic carbocycles. The minimum Gasteiger partial charge on any atom is -0.314 e. The van der Waals surface area contributed by atoms with Gasteiger partial charge < -0.3 is 5.32 Å². The fourth-order valence-electron chi connectivity index (χ4n) is 2.44. The first-order chi connectivity index (χ1) is 7.89. The summed E-state index contributed by atoms with van der Waals surface area (Å²) in [5.74, 6) is -0.353. The first kappa shape index (κ1) is 14.8. The van der Waals surface area contributed by atoms with E-state index in [4.69, 9.17) is 0 Å². The third-order valence-electron chi connectivity index (χ3n) is 3.58. The Morgan fingerprint density at radius 1 is 1.12 bits per heavy atom. The molecule has 0 saturated heterocycles. The first-order valence-electron chi connectivity index (χ1n) is 6.69. The van der Waals surface area contributed by atoms with E-state index in [1.54, 1.807) is 0 Å². The lowest BCUT2D eigenvalue weighted by atomic mass is 9.85. The van der Waals surface area contributed by atoms with Crippen molar-refractivity contribution in [3.63, 3.8) is 0 Å². The highest BCUT2D eigenvalue weighted by atomic mass is 19.4. The molecule has 1 nitrogen and oxygen atoms in total. The SMILES string of the molecule is CC(C)CCCNC1CCC(C(F)(F)F)CC1. The molecule has 0 radical (unpaired) electrons. The maximum Gasteiger partial charge on any atom is 0.391 e. The number of nitrogens with one attached hydrogen (secondary N) is 1. The van der Waals surface area contributed by atoms with Crippen molar-refractivity contribution < 1.29 is 13.2 Å². The van der Waals surface area contributed by atoms with Gasteiger partial charge in [0, 0.05) is 6.04 Å². The number of alkyl halides is 3. The van der Waals surface area contributed by atoms with E-state index >= 15 is 0 Å². The van der Waals surface area contributed by atoms with Crippen LogP contribution >= 0.6 is 0 Å². The average Bonchev–Trinajstić information content (AvgIpc) is 2.23. The summed E-state index contributed by atoms with van der Waals surface area (Å²) >= 11 is 0. The summed E-state index contributed by atoms with van der Waals surface area (Å²) in [6.07, 6.45) is 0.263. The molecule has 0 heterocycles. The Hall–Kier alpha value is -0.250. The van der Waals surface area contributed by atoms with Gasteiger partial charge in [-0.25, -0.2) is 0 Å². The van der Waals surface area contributed by atoms with Crippen LogP contribution in [0.25, 0.3) is 0 Å². The van der Waals surface area contributed by atoms with Gasteiger partial charge in [0.1, 0.15) is 0 Å². The molecule has 0 spiro atoms. The fourth-order valence-corrected chi connectivity index (χ4v) is 2.44. The van der Waals surface area contributed by atoms with E-state index in [1.807, 2.05) is 0 Å². The zero-order valence-corrected chi connectivity index (χ0v) is 10.8. The highest BCUT2D eigenvalue weighted by Crippen LogP contribution is 2.37. The summed E-state index contributed by atoms with van der Waals surface area (Å²) in [5, 5.41) is 3.38. The third-order valence-corrected chi connectivity index (χ3v) is 3.58. The third kappa shape index (κ3) is 5.75. The molecule has 17 heavy (non-hydrogen) atoms. The van der Waals surface area contributed by atoms with E-state index in [2.05, 4.69) is 19.2 Å². The molecule has 0 atom stereocenters. The van der Waals surface area contributed by atoms with Crippen molar-refractivity contribution in [2.24, 2.45) is 11.8 Å². The molecule has 0 aliphatic heterocycles. The van der Waals surface area contributed by atoms with Crippen LogP contribution in [-0.2, 0) is 0 Å². The van der Waals surface area contributed by atoms with E-state index in [-0.39, 0.29) is 0 Å². The van der Waals surface area contributed by atoms with Crippen LogP contribution in [0.3, 0.4) is 0 Å². The Balaban J connectivity index is 2.11. The lowest BCUT2D eigenvalue weighted by Gasteiger charge is -2.30. The number of hydrogen-bond acceptors (Lipinski definition) is 1. The lowest BCUT2D eigenvalue weighted by Crippen LogP contribution is -2.37. The van der Waals surface area contributed by atoms with Gasteiger partial charge >= 0.3 is 6.18 Å². The summed E-state index contributed by atoms with van der Waals surface area (Å²) in [4.78, 5) is 0. The van der Waals surface area contributed by atoms with Gasteiger partial charge in [0.25, 0.3) is 0 Å². The van der Waals surface area contributed by atoms with Gasteiger partial charge in [-0.15, -0.1) is 0 Å². The highest BCUT2D eigenvalue weighted by molar-refractivity contribution is 4.80. The van der Waals surface area contributed by atoms with Crippen molar-refractivity contribution in [3.8, 4) is 0 Å². The quantitative estimate of drug-likeness (QED) is 0.724. The lowest BCUT2D eigenvalue weighted by molar-refractivity contribution is -0.182. The highest BCUT2D eigenvalue weighted by Gasteiger charge is 2.41. The Labute approximate surface area is 102 Å². The molecule has 0 aromatic rings. The monoisotopic (exact) mass is 251 g/mol.